The van der Waals surface area contributed by atoms with Gasteiger partial charge in [-0.1, -0.05) is 47.6 Å². The fraction of sp³-hybridized carbons (Fsp3) is 0.176. The number of carbonyl (C=O) groups is 1. The molecule has 0 aliphatic heterocycles. The summed E-state index contributed by atoms with van der Waals surface area (Å²) >= 11 is 0. The lowest BCUT2D eigenvalue weighted by Gasteiger charge is -2.08. The molecule has 0 saturated carbocycles. The number of carbonyl (C=O) groups excluding carboxylic acids is 1. The molecular formula is C17H18N2O3. The van der Waals surface area contributed by atoms with E-state index < -0.39 is 5.97 Å². The van der Waals surface area contributed by atoms with E-state index in [2.05, 4.69) is 5.16 Å². The molecule has 0 fully saturated rings. The maximum Gasteiger partial charge on any atom is 0.347 e. The van der Waals surface area contributed by atoms with Gasteiger partial charge >= 0.3 is 5.97 Å². The molecule has 0 saturated heterocycles. The van der Waals surface area contributed by atoms with Crippen molar-refractivity contribution >= 4 is 17.4 Å². The van der Waals surface area contributed by atoms with Gasteiger partial charge in [0.05, 0.1) is 6.61 Å². The number of nitrogen functional groups attached to an aromatic ring is 1. The van der Waals surface area contributed by atoms with E-state index in [1.807, 2.05) is 42.5 Å². The molecule has 114 valence electrons. The summed E-state index contributed by atoms with van der Waals surface area (Å²) in [6.45, 7) is 1.83. The number of benzene rings is 2. The number of anilines is 1. The number of ether oxygens (including phenoxy) is 1. The van der Waals surface area contributed by atoms with Gasteiger partial charge in [-0.3, -0.25) is 0 Å². The molecule has 0 aromatic heterocycles. The molecule has 0 spiro atoms. The lowest BCUT2D eigenvalue weighted by atomic mass is 10.0. The number of hydrogen-bond donors (Lipinski definition) is 1. The van der Waals surface area contributed by atoms with E-state index in [0.717, 1.165) is 11.1 Å². The smallest absolute Gasteiger partial charge is 0.347 e. The quantitative estimate of drug-likeness (QED) is 0.385. The van der Waals surface area contributed by atoms with Crippen molar-refractivity contribution in [3.05, 3.63) is 65.7 Å². The van der Waals surface area contributed by atoms with E-state index in [-0.39, 0.29) is 6.61 Å². The highest BCUT2D eigenvalue weighted by Gasteiger charge is 2.09. The van der Waals surface area contributed by atoms with Gasteiger partial charge in [-0.25, -0.2) is 4.79 Å². The van der Waals surface area contributed by atoms with Crippen LogP contribution in [0.5, 0.6) is 0 Å². The Morgan fingerprint density at radius 3 is 2.32 bits per heavy atom. The first-order valence-electron chi connectivity index (χ1n) is 6.97. The van der Waals surface area contributed by atoms with Crippen LogP contribution < -0.4 is 5.73 Å². The molecule has 2 aromatic carbocycles. The summed E-state index contributed by atoms with van der Waals surface area (Å²) in [7, 11) is 0. The van der Waals surface area contributed by atoms with Crippen molar-refractivity contribution in [3.8, 4) is 0 Å². The molecule has 0 amide bonds. The lowest BCUT2D eigenvalue weighted by molar-refractivity contribution is -0.148. The molecule has 5 heteroatoms. The minimum absolute atomic E-state index is 0.223. The summed E-state index contributed by atoms with van der Waals surface area (Å²) in [6.07, 6.45) is 0. The van der Waals surface area contributed by atoms with Crippen molar-refractivity contribution in [2.24, 2.45) is 5.16 Å². The second-order valence-corrected chi connectivity index (χ2v) is 4.51. The number of nitrogens with two attached hydrogens (primary N) is 1. The Labute approximate surface area is 129 Å². The maximum absolute atomic E-state index is 11.3. The van der Waals surface area contributed by atoms with E-state index in [1.54, 1.807) is 19.1 Å². The number of rotatable bonds is 6. The monoisotopic (exact) mass is 298 g/mol. The molecule has 2 aromatic rings. The number of hydrogen-bond acceptors (Lipinski definition) is 5. The fourth-order valence-corrected chi connectivity index (χ4v) is 1.86. The third-order valence-electron chi connectivity index (χ3n) is 2.87. The Morgan fingerprint density at radius 1 is 1.05 bits per heavy atom. The van der Waals surface area contributed by atoms with E-state index in [4.69, 9.17) is 15.3 Å². The van der Waals surface area contributed by atoms with E-state index in [9.17, 15) is 4.79 Å². The van der Waals surface area contributed by atoms with E-state index in [0.29, 0.717) is 18.0 Å². The molecule has 0 bridgehead atoms. The van der Waals surface area contributed by atoms with Crippen LogP contribution in [0.4, 0.5) is 5.69 Å². The summed E-state index contributed by atoms with van der Waals surface area (Å²) in [4.78, 5) is 16.4. The van der Waals surface area contributed by atoms with Crippen molar-refractivity contribution in [2.75, 3.05) is 18.9 Å². The van der Waals surface area contributed by atoms with Crippen molar-refractivity contribution in [1.29, 1.82) is 0 Å². The van der Waals surface area contributed by atoms with Crippen LogP contribution >= 0.6 is 0 Å². The number of esters is 1. The molecule has 2 rings (SSSR count). The first-order chi connectivity index (χ1) is 10.7. The van der Waals surface area contributed by atoms with Gasteiger partial charge in [0.15, 0.2) is 0 Å². The summed E-state index contributed by atoms with van der Waals surface area (Å²) < 4.78 is 4.80. The van der Waals surface area contributed by atoms with Gasteiger partial charge in [-0.15, -0.1) is 0 Å². The Balaban J connectivity index is 2.22. The highest BCUT2D eigenvalue weighted by Crippen LogP contribution is 2.13. The van der Waals surface area contributed by atoms with Crippen molar-refractivity contribution in [1.82, 2.24) is 0 Å². The Kier molecular flexibility index (Phi) is 5.54. The fourth-order valence-electron chi connectivity index (χ4n) is 1.86. The van der Waals surface area contributed by atoms with E-state index in [1.165, 1.54) is 0 Å². The molecule has 0 aliphatic carbocycles. The molecule has 0 aliphatic rings. The minimum atomic E-state index is -0.448. The van der Waals surface area contributed by atoms with Gasteiger partial charge < -0.3 is 15.3 Å². The molecule has 0 heterocycles. The predicted octanol–water partition coefficient (Wildman–Crippen LogP) is 2.60. The van der Waals surface area contributed by atoms with Crippen LogP contribution in [0.3, 0.4) is 0 Å². The molecule has 0 unspecified atom stereocenters. The van der Waals surface area contributed by atoms with Crippen LogP contribution in [0.2, 0.25) is 0 Å². The molecule has 0 radical (unpaired) electrons. The highest BCUT2D eigenvalue weighted by molar-refractivity contribution is 6.12. The van der Waals surface area contributed by atoms with Gasteiger partial charge in [0.1, 0.15) is 5.71 Å². The SMILES string of the molecule is CCOC(=O)CON=C(c1ccccc1)c1ccc(N)cc1. The number of oxime groups is 1. The summed E-state index contributed by atoms with van der Waals surface area (Å²) in [5.74, 6) is -0.448. The summed E-state index contributed by atoms with van der Waals surface area (Å²) in [6, 6.07) is 16.9. The highest BCUT2D eigenvalue weighted by atomic mass is 16.7. The van der Waals surface area contributed by atoms with Crippen LogP contribution in [0.15, 0.2) is 59.8 Å². The maximum atomic E-state index is 11.3. The summed E-state index contributed by atoms with van der Waals surface area (Å²) in [5, 5.41) is 4.09. The normalized spacial score (nSPS) is 11.0. The zero-order valence-electron chi connectivity index (χ0n) is 12.4. The van der Waals surface area contributed by atoms with E-state index >= 15 is 0 Å². The topological polar surface area (TPSA) is 73.9 Å². The van der Waals surface area contributed by atoms with Crippen molar-refractivity contribution in [2.45, 2.75) is 6.92 Å². The van der Waals surface area contributed by atoms with Gasteiger partial charge in [0.2, 0.25) is 6.61 Å². The minimum Gasteiger partial charge on any atom is -0.463 e. The molecule has 22 heavy (non-hydrogen) atoms. The standard InChI is InChI=1S/C17H18N2O3/c1-2-21-16(20)12-22-19-17(13-6-4-3-5-7-13)14-8-10-15(18)11-9-14/h3-11H,2,12,18H2,1H3. The molecular weight excluding hydrogens is 280 g/mol. The lowest BCUT2D eigenvalue weighted by Crippen LogP contribution is -2.12. The Morgan fingerprint density at radius 2 is 1.68 bits per heavy atom. The van der Waals surface area contributed by atoms with Gasteiger partial charge in [0.25, 0.3) is 0 Å². The van der Waals surface area contributed by atoms with Crippen LogP contribution in [-0.2, 0) is 14.4 Å². The third-order valence-corrected chi connectivity index (χ3v) is 2.87. The van der Waals surface area contributed by atoms with Crippen LogP contribution in [0.1, 0.15) is 18.1 Å². The van der Waals surface area contributed by atoms with Crippen molar-refractivity contribution in [3.63, 3.8) is 0 Å². The largest absolute Gasteiger partial charge is 0.463 e. The molecule has 2 N–H and O–H groups in total. The third kappa shape index (κ3) is 4.34. The Bertz CT molecular complexity index is 637. The zero-order valence-corrected chi connectivity index (χ0v) is 12.4. The second kappa shape index (κ2) is 7.83. The second-order valence-electron chi connectivity index (χ2n) is 4.51. The summed E-state index contributed by atoms with van der Waals surface area (Å²) in [5.41, 5.74) is 8.74. The first-order valence-corrected chi connectivity index (χ1v) is 6.97. The average molecular weight is 298 g/mol. The predicted molar refractivity (Wildman–Crippen MR) is 85.5 cm³/mol. The first kappa shape index (κ1) is 15.6. The van der Waals surface area contributed by atoms with Crippen LogP contribution in [0, 0.1) is 0 Å². The van der Waals surface area contributed by atoms with Crippen LogP contribution in [0.25, 0.3) is 0 Å². The number of nitrogens with zero attached hydrogens (tertiary/aromatic N) is 1. The van der Waals surface area contributed by atoms with Gasteiger partial charge in [-0.05, 0) is 19.1 Å². The average Bonchev–Trinajstić information content (AvgIpc) is 2.54. The zero-order chi connectivity index (χ0) is 15.8. The van der Waals surface area contributed by atoms with Gasteiger partial charge in [0, 0.05) is 16.8 Å². The van der Waals surface area contributed by atoms with Crippen LogP contribution in [-0.4, -0.2) is 24.9 Å². The van der Waals surface area contributed by atoms with Gasteiger partial charge in [-0.2, -0.15) is 0 Å². The molecule has 5 nitrogen and oxygen atoms in total. The molecule has 0 atom stereocenters. The Hall–Kier alpha value is -2.82. The van der Waals surface area contributed by atoms with Crippen molar-refractivity contribution < 1.29 is 14.4 Å².